The molecule has 86 valence electrons. The van der Waals surface area contributed by atoms with Crippen molar-refractivity contribution in [1.29, 1.82) is 0 Å². The van der Waals surface area contributed by atoms with Crippen molar-refractivity contribution in [3.63, 3.8) is 0 Å². The third kappa shape index (κ3) is 2.61. The first kappa shape index (κ1) is 11.8. The van der Waals surface area contributed by atoms with Gasteiger partial charge < -0.3 is 9.80 Å². The summed E-state index contributed by atoms with van der Waals surface area (Å²) in [6.45, 7) is 12.2. The van der Waals surface area contributed by atoms with Crippen molar-refractivity contribution in [2.24, 2.45) is 0 Å². The maximum absolute atomic E-state index is 4.48. The van der Waals surface area contributed by atoms with Crippen molar-refractivity contribution in [1.82, 2.24) is 15.2 Å². The Bertz CT molecular complexity index is 249. The van der Waals surface area contributed by atoms with E-state index >= 15 is 0 Å². The van der Waals surface area contributed by atoms with Crippen LogP contribution in [0.25, 0.3) is 0 Å². The molecule has 1 heterocycles. The topological polar surface area (TPSA) is 48.1 Å². The van der Waals surface area contributed by atoms with Crippen LogP contribution < -0.4 is 9.80 Å². The minimum absolute atomic E-state index is 0.793. The summed E-state index contributed by atoms with van der Waals surface area (Å²) in [6.07, 6.45) is 0. The number of aromatic nitrogens is 3. The fourth-order valence-corrected chi connectivity index (χ4v) is 1.56. The first-order chi connectivity index (χ1) is 7.26. The average molecular weight is 211 g/mol. The van der Waals surface area contributed by atoms with E-state index in [9.17, 15) is 0 Å². The van der Waals surface area contributed by atoms with Gasteiger partial charge >= 0.3 is 0 Å². The summed E-state index contributed by atoms with van der Waals surface area (Å²) < 4.78 is 0. The fraction of sp³-hybridized carbons (Fsp3) is 0.800. The Morgan fingerprint density at radius 3 is 1.93 bits per heavy atom. The lowest BCUT2D eigenvalue weighted by Crippen LogP contribution is -2.24. The Hall–Kier alpha value is -1.26. The summed E-state index contributed by atoms with van der Waals surface area (Å²) in [6, 6.07) is 0. The van der Waals surface area contributed by atoms with Crippen LogP contribution in [0.5, 0.6) is 0 Å². The predicted octanol–water partition coefficient (Wildman–Crippen LogP) is 1.50. The van der Waals surface area contributed by atoms with Crippen molar-refractivity contribution < 1.29 is 0 Å². The van der Waals surface area contributed by atoms with Gasteiger partial charge in [-0.05, 0) is 27.7 Å². The SMILES string of the molecule is CCN(CC)c1n[nH]c(N(CC)CC)n1. The molecule has 1 N–H and O–H groups in total. The Kier molecular flexibility index (Phi) is 4.39. The number of hydrogen-bond donors (Lipinski definition) is 1. The van der Waals surface area contributed by atoms with Gasteiger partial charge in [0.05, 0.1) is 0 Å². The van der Waals surface area contributed by atoms with E-state index in [2.05, 4.69) is 52.7 Å². The van der Waals surface area contributed by atoms with Gasteiger partial charge in [-0.3, -0.25) is 0 Å². The Morgan fingerprint density at radius 2 is 1.47 bits per heavy atom. The third-order valence-corrected chi connectivity index (χ3v) is 2.57. The van der Waals surface area contributed by atoms with E-state index < -0.39 is 0 Å². The molecule has 0 bridgehead atoms. The number of nitrogens with zero attached hydrogens (tertiary/aromatic N) is 4. The van der Waals surface area contributed by atoms with Crippen molar-refractivity contribution >= 4 is 11.9 Å². The molecule has 0 atom stereocenters. The zero-order valence-electron chi connectivity index (χ0n) is 10.1. The highest BCUT2D eigenvalue weighted by atomic mass is 15.4. The van der Waals surface area contributed by atoms with Crippen LogP contribution >= 0.6 is 0 Å². The van der Waals surface area contributed by atoms with E-state index in [1.807, 2.05) is 0 Å². The van der Waals surface area contributed by atoms with E-state index in [-0.39, 0.29) is 0 Å². The van der Waals surface area contributed by atoms with Gasteiger partial charge in [0.25, 0.3) is 0 Å². The van der Waals surface area contributed by atoms with E-state index in [1.54, 1.807) is 0 Å². The minimum Gasteiger partial charge on any atom is -0.342 e. The van der Waals surface area contributed by atoms with E-state index in [1.165, 1.54) is 0 Å². The predicted molar refractivity (Wildman–Crippen MR) is 63.5 cm³/mol. The van der Waals surface area contributed by atoms with E-state index in [4.69, 9.17) is 0 Å². The highest BCUT2D eigenvalue weighted by Gasteiger charge is 2.11. The van der Waals surface area contributed by atoms with E-state index in [0.717, 1.165) is 38.1 Å². The van der Waals surface area contributed by atoms with Crippen LogP contribution in [0.2, 0.25) is 0 Å². The second-order valence-electron chi connectivity index (χ2n) is 3.30. The lowest BCUT2D eigenvalue weighted by Gasteiger charge is -2.17. The quantitative estimate of drug-likeness (QED) is 0.774. The molecule has 0 spiro atoms. The number of hydrogen-bond acceptors (Lipinski definition) is 4. The van der Waals surface area contributed by atoms with Crippen LogP contribution in [0.1, 0.15) is 27.7 Å². The largest absolute Gasteiger partial charge is 0.342 e. The number of anilines is 2. The Morgan fingerprint density at radius 1 is 0.933 bits per heavy atom. The van der Waals surface area contributed by atoms with Crippen LogP contribution in [-0.2, 0) is 0 Å². The van der Waals surface area contributed by atoms with Gasteiger partial charge in [-0.25, -0.2) is 5.10 Å². The van der Waals surface area contributed by atoms with E-state index in [0.29, 0.717) is 0 Å². The summed E-state index contributed by atoms with van der Waals surface area (Å²) in [5.41, 5.74) is 0. The summed E-state index contributed by atoms with van der Waals surface area (Å²) in [5.74, 6) is 1.66. The zero-order valence-corrected chi connectivity index (χ0v) is 10.1. The lowest BCUT2D eigenvalue weighted by atomic mass is 10.5. The van der Waals surface area contributed by atoms with Crippen LogP contribution in [0.4, 0.5) is 11.9 Å². The third-order valence-electron chi connectivity index (χ3n) is 2.57. The molecule has 0 aliphatic carbocycles. The molecule has 0 aliphatic heterocycles. The molecule has 1 aromatic heterocycles. The monoisotopic (exact) mass is 211 g/mol. The Balaban J connectivity index is 2.78. The van der Waals surface area contributed by atoms with Crippen LogP contribution in [0, 0.1) is 0 Å². The highest BCUT2D eigenvalue weighted by Crippen LogP contribution is 2.12. The van der Waals surface area contributed by atoms with Gasteiger partial charge in [0, 0.05) is 26.2 Å². The molecule has 5 heteroatoms. The van der Waals surface area contributed by atoms with Crippen LogP contribution in [0.3, 0.4) is 0 Å². The molecular weight excluding hydrogens is 190 g/mol. The first-order valence-electron chi connectivity index (χ1n) is 5.68. The van der Waals surface area contributed by atoms with Crippen molar-refractivity contribution in [2.45, 2.75) is 27.7 Å². The molecule has 0 unspecified atom stereocenters. The molecule has 1 rings (SSSR count). The molecule has 0 amide bonds. The smallest absolute Gasteiger partial charge is 0.246 e. The molecule has 0 saturated heterocycles. The molecule has 0 aliphatic rings. The number of rotatable bonds is 6. The molecular formula is C10H21N5. The summed E-state index contributed by atoms with van der Waals surface area (Å²) in [4.78, 5) is 8.76. The minimum atomic E-state index is 0.793. The molecule has 15 heavy (non-hydrogen) atoms. The molecule has 0 fully saturated rings. The lowest BCUT2D eigenvalue weighted by molar-refractivity contribution is 0.821. The standard InChI is InChI=1S/C10H21N5/c1-5-14(6-2)9-11-10(13-12-9)15(7-3)8-4/h5-8H2,1-4H3,(H,11,12,13). The second kappa shape index (κ2) is 5.58. The van der Waals surface area contributed by atoms with Gasteiger partial charge in [0.15, 0.2) is 0 Å². The molecule has 1 aromatic rings. The van der Waals surface area contributed by atoms with Gasteiger partial charge in [-0.1, -0.05) is 0 Å². The first-order valence-corrected chi connectivity index (χ1v) is 5.68. The summed E-state index contributed by atoms with van der Waals surface area (Å²) in [5, 5.41) is 7.20. The average Bonchev–Trinajstić information content (AvgIpc) is 2.71. The van der Waals surface area contributed by atoms with Gasteiger partial charge in [0.2, 0.25) is 11.9 Å². The second-order valence-corrected chi connectivity index (χ2v) is 3.30. The van der Waals surface area contributed by atoms with Crippen molar-refractivity contribution in [2.75, 3.05) is 36.0 Å². The number of H-pyrrole nitrogens is 1. The summed E-state index contributed by atoms with van der Waals surface area (Å²) in [7, 11) is 0. The van der Waals surface area contributed by atoms with Gasteiger partial charge in [-0.2, -0.15) is 4.98 Å². The number of aromatic amines is 1. The number of nitrogens with one attached hydrogen (secondary N) is 1. The van der Waals surface area contributed by atoms with Crippen molar-refractivity contribution in [3.8, 4) is 0 Å². The molecule has 0 radical (unpaired) electrons. The molecule has 0 aromatic carbocycles. The zero-order chi connectivity index (χ0) is 11.3. The van der Waals surface area contributed by atoms with Crippen molar-refractivity contribution in [3.05, 3.63) is 0 Å². The molecule has 5 nitrogen and oxygen atoms in total. The fourth-order valence-electron chi connectivity index (χ4n) is 1.56. The summed E-state index contributed by atoms with van der Waals surface area (Å²) >= 11 is 0. The highest BCUT2D eigenvalue weighted by molar-refractivity contribution is 5.38. The van der Waals surface area contributed by atoms with Gasteiger partial charge in [-0.15, -0.1) is 5.10 Å². The van der Waals surface area contributed by atoms with Gasteiger partial charge in [0.1, 0.15) is 0 Å². The maximum atomic E-state index is 4.48. The van der Waals surface area contributed by atoms with Crippen LogP contribution in [-0.4, -0.2) is 41.4 Å². The normalized spacial score (nSPS) is 10.4. The Labute approximate surface area is 91.5 Å². The van der Waals surface area contributed by atoms with Crippen LogP contribution in [0.15, 0.2) is 0 Å². The maximum Gasteiger partial charge on any atom is 0.246 e. The molecule has 0 saturated carbocycles.